The van der Waals surface area contributed by atoms with E-state index in [2.05, 4.69) is 74.7 Å². The van der Waals surface area contributed by atoms with E-state index in [0.717, 1.165) is 70.6 Å². The normalized spacial score (nSPS) is 13.8. The first-order chi connectivity index (χ1) is 41.9. The Bertz CT molecular complexity index is 1650. The number of esters is 1. The first-order valence-corrected chi connectivity index (χ1v) is 38.6. The number of hydrogen-bond donors (Lipinski definition) is 1. The zero-order valence-electron chi connectivity index (χ0n) is 57.8. The van der Waals surface area contributed by atoms with Crippen LogP contribution >= 0.6 is 7.82 Å². The molecule has 0 bridgehead atoms. The van der Waals surface area contributed by atoms with Gasteiger partial charge in [-0.15, -0.1) is 0 Å². The van der Waals surface area contributed by atoms with Gasteiger partial charge in [0.05, 0.1) is 33.8 Å². The number of ether oxygens (including phenoxy) is 1. The van der Waals surface area contributed by atoms with Crippen molar-refractivity contribution in [1.29, 1.82) is 0 Å². The van der Waals surface area contributed by atoms with E-state index < -0.39 is 20.0 Å². The zero-order chi connectivity index (χ0) is 62.8. The summed E-state index contributed by atoms with van der Waals surface area (Å²) in [5.74, 6) is -0.528. The summed E-state index contributed by atoms with van der Waals surface area (Å²) in [7, 11) is 1.20. The van der Waals surface area contributed by atoms with E-state index in [9.17, 15) is 19.0 Å². The monoisotopic (exact) mass is 1230 g/mol. The highest BCUT2D eigenvalue weighted by Gasteiger charge is 2.27. The second-order valence-electron chi connectivity index (χ2n) is 26.4. The SMILES string of the molecule is CCCCC/C=C\C/C=C\C/C=C\CCCCCCCCCCCCCCCCC(=O)OC(/C=C\CCCCCCCCCCCC)C(COP(=O)([O-])OCC[N+](C)(C)C)NC(=O)CCCCCCCCCCCCC/C=C/CCCCCCCC. The highest BCUT2D eigenvalue weighted by Crippen LogP contribution is 2.38. The van der Waals surface area contributed by atoms with Gasteiger partial charge in [0.25, 0.3) is 7.82 Å². The van der Waals surface area contributed by atoms with Crippen LogP contribution in [0.1, 0.15) is 361 Å². The number of phosphoric ester groups is 1. The Morgan fingerprint density at radius 2 is 0.709 bits per heavy atom. The van der Waals surface area contributed by atoms with Crippen LogP contribution in [0.15, 0.2) is 60.8 Å². The van der Waals surface area contributed by atoms with Gasteiger partial charge >= 0.3 is 5.97 Å². The van der Waals surface area contributed by atoms with Crippen LogP contribution in [-0.4, -0.2) is 69.4 Å². The number of carbonyl (C=O) groups is 2. The third-order valence-electron chi connectivity index (χ3n) is 16.7. The Morgan fingerprint density at radius 3 is 1.09 bits per heavy atom. The molecule has 0 heterocycles. The summed E-state index contributed by atoms with van der Waals surface area (Å²) in [4.78, 5) is 40.2. The molecule has 3 unspecified atom stereocenters. The summed E-state index contributed by atoms with van der Waals surface area (Å²) < 4.78 is 30.5. The lowest BCUT2D eigenvalue weighted by Gasteiger charge is -2.30. The highest BCUT2D eigenvalue weighted by atomic mass is 31.2. The molecule has 1 amide bonds. The standard InChI is InChI=1S/C76H143N2O7P/c1-7-10-13-16-19-22-25-28-30-32-34-36-37-38-39-40-41-43-45-47-49-51-54-57-60-63-66-69-76(80)85-74(67-64-61-58-55-52-27-24-21-18-15-12-9-3)73(72-84-86(81,82)83-71-70-78(4,5)6)77-75(79)68-65-62-59-56-53-50-48-46-44-42-35-33-31-29-26-23-20-17-14-11-8-2/h19,22,28-31,34,36,64,67,73-74H,7-18,20-21,23-27,32-33,35,37-63,65-66,68-72H2,1-6H3,(H-,77,79,81,82)/b22-19-,30-28-,31-29+,36-34-,67-64-. The molecule has 0 saturated carbocycles. The van der Waals surface area contributed by atoms with Crippen LogP contribution in [0.4, 0.5) is 0 Å². The van der Waals surface area contributed by atoms with Gasteiger partial charge in [0.2, 0.25) is 5.91 Å². The average molecular weight is 1230 g/mol. The van der Waals surface area contributed by atoms with Crippen molar-refractivity contribution in [3.05, 3.63) is 60.8 Å². The van der Waals surface area contributed by atoms with E-state index in [1.807, 2.05) is 33.3 Å². The highest BCUT2D eigenvalue weighted by molar-refractivity contribution is 7.45. The number of nitrogens with one attached hydrogen (secondary N) is 1. The van der Waals surface area contributed by atoms with E-state index in [1.54, 1.807) is 0 Å². The van der Waals surface area contributed by atoms with Crippen molar-refractivity contribution < 1.29 is 37.3 Å². The number of phosphoric acid groups is 1. The minimum absolute atomic E-state index is 0.0218. The molecule has 1 N–H and O–H groups in total. The number of quaternary nitrogens is 1. The molecular weight excluding hydrogens is 1080 g/mol. The molecule has 0 rings (SSSR count). The third kappa shape index (κ3) is 66.1. The van der Waals surface area contributed by atoms with E-state index in [1.165, 1.54) is 257 Å². The first-order valence-electron chi connectivity index (χ1n) is 37.1. The molecular formula is C76H143N2O7P. The van der Waals surface area contributed by atoms with Crippen molar-refractivity contribution in [2.45, 2.75) is 373 Å². The van der Waals surface area contributed by atoms with Crippen molar-refractivity contribution in [1.82, 2.24) is 5.32 Å². The molecule has 0 aromatic carbocycles. The number of likely N-dealkylation sites (N-methyl/N-ethyl adjacent to an activating group) is 1. The lowest BCUT2D eigenvalue weighted by molar-refractivity contribution is -0.870. The molecule has 0 aromatic rings. The fourth-order valence-electron chi connectivity index (χ4n) is 10.9. The third-order valence-corrected chi connectivity index (χ3v) is 17.6. The lowest BCUT2D eigenvalue weighted by atomic mass is 10.0. The maximum Gasteiger partial charge on any atom is 0.306 e. The van der Waals surface area contributed by atoms with E-state index in [4.69, 9.17) is 13.8 Å². The molecule has 0 fully saturated rings. The molecule has 0 saturated heterocycles. The number of hydrogen-bond acceptors (Lipinski definition) is 7. The number of nitrogens with zero attached hydrogens (tertiary/aromatic N) is 1. The van der Waals surface area contributed by atoms with Crippen LogP contribution in [0.25, 0.3) is 0 Å². The Kier molecular flexibility index (Phi) is 63.9. The van der Waals surface area contributed by atoms with E-state index >= 15 is 0 Å². The Balaban J connectivity index is 4.99. The summed E-state index contributed by atoms with van der Waals surface area (Å²) in [6.45, 7) is 6.86. The van der Waals surface area contributed by atoms with Gasteiger partial charge < -0.3 is 28.5 Å². The molecule has 0 radical (unpaired) electrons. The molecule has 0 aliphatic heterocycles. The van der Waals surface area contributed by atoms with Crippen LogP contribution in [0.3, 0.4) is 0 Å². The predicted molar refractivity (Wildman–Crippen MR) is 372 cm³/mol. The van der Waals surface area contributed by atoms with Crippen molar-refractivity contribution in [3.8, 4) is 0 Å². The summed E-state index contributed by atoms with van der Waals surface area (Å²) in [5.41, 5.74) is 0. The predicted octanol–water partition coefficient (Wildman–Crippen LogP) is 23.1. The van der Waals surface area contributed by atoms with Crippen molar-refractivity contribution in [3.63, 3.8) is 0 Å². The van der Waals surface area contributed by atoms with Gasteiger partial charge in [-0.2, -0.15) is 0 Å². The quantitative estimate of drug-likeness (QED) is 0.0212. The van der Waals surface area contributed by atoms with Crippen LogP contribution in [0, 0.1) is 0 Å². The van der Waals surface area contributed by atoms with Crippen LogP contribution in [0.2, 0.25) is 0 Å². The number of carbonyl (C=O) groups excluding carboxylic acids is 2. The smallest absolute Gasteiger partial charge is 0.306 e. The van der Waals surface area contributed by atoms with Gasteiger partial charge in [0, 0.05) is 12.8 Å². The summed E-state index contributed by atoms with van der Waals surface area (Å²) in [5, 5.41) is 3.05. The molecule has 86 heavy (non-hydrogen) atoms. The maximum absolute atomic E-state index is 13.6. The molecule has 10 heteroatoms. The first kappa shape index (κ1) is 83.7. The molecule has 0 aliphatic rings. The van der Waals surface area contributed by atoms with Crippen LogP contribution in [0.5, 0.6) is 0 Å². The van der Waals surface area contributed by atoms with Gasteiger partial charge in [-0.05, 0) is 96.0 Å². The Labute approximate surface area is 534 Å². The minimum Gasteiger partial charge on any atom is -0.756 e. The van der Waals surface area contributed by atoms with Gasteiger partial charge in [-0.3, -0.25) is 14.2 Å². The number of rotatable bonds is 68. The molecule has 0 spiro atoms. The lowest BCUT2D eigenvalue weighted by Crippen LogP contribution is -2.47. The second-order valence-corrected chi connectivity index (χ2v) is 27.9. The van der Waals surface area contributed by atoms with Gasteiger partial charge in [-0.1, -0.05) is 313 Å². The number of allylic oxidation sites excluding steroid dienone is 9. The van der Waals surface area contributed by atoms with Crippen molar-refractivity contribution in [2.75, 3.05) is 40.9 Å². The van der Waals surface area contributed by atoms with Crippen LogP contribution in [-0.2, 0) is 27.9 Å². The van der Waals surface area contributed by atoms with Gasteiger partial charge in [0.1, 0.15) is 19.3 Å². The van der Waals surface area contributed by atoms with Crippen molar-refractivity contribution in [2.24, 2.45) is 0 Å². The largest absolute Gasteiger partial charge is 0.756 e. The molecule has 504 valence electrons. The van der Waals surface area contributed by atoms with Gasteiger partial charge in [-0.25, -0.2) is 0 Å². The van der Waals surface area contributed by atoms with Gasteiger partial charge in [0.15, 0.2) is 0 Å². The summed E-state index contributed by atoms with van der Waals surface area (Å²) in [6.07, 6.45) is 84.9. The van der Waals surface area contributed by atoms with E-state index in [-0.39, 0.29) is 31.5 Å². The Morgan fingerprint density at radius 1 is 0.407 bits per heavy atom. The fraction of sp³-hybridized carbons (Fsp3) is 0.842. The summed E-state index contributed by atoms with van der Waals surface area (Å²) in [6, 6.07) is -0.890. The fourth-order valence-corrected chi connectivity index (χ4v) is 11.7. The number of amides is 1. The average Bonchev–Trinajstić information content (AvgIpc) is 3.65. The van der Waals surface area contributed by atoms with E-state index in [0.29, 0.717) is 17.4 Å². The topological polar surface area (TPSA) is 114 Å². The van der Waals surface area contributed by atoms with Crippen molar-refractivity contribution >= 4 is 19.7 Å². The minimum atomic E-state index is -4.71. The molecule has 3 atom stereocenters. The number of unbranched alkanes of at least 4 members (excludes halogenated alkanes) is 44. The van der Waals surface area contributed by atoms with Crippen LogP contribution < -0.4 is 10.2 Å². The zero-order valence-corrected chi connectivity index (χ0v) is 58.7. The second kappa shape index (κ2) is 65.7. The molecule has 9 nitrogen and oxygen atoms in total. The molecule has 0 aromatic heterocycles. The molecule has 0 aliphatic carbocycles. The Hall–Kier alpha value is -2.29. The maximum atomic E-state index is 13.6. The summed E-state index contributed by atoms with van der Waals surface area (Å²) >= 11 is 0.